The van der Waals surface area contributed by atoms with Gasteiger partial charge >= 0.3 is 0 Å². The minimum absolute atomic E-state index is 0.577. The van der Waals surface area contributed by atoms with Gasteiger partial charge in [-0.15, -0.1) is 0 Å². The molecule has 1 aromatic carbocycles. The lowest BCUT2D eigenvalue weighted by molar-refractivity contribution is 0.328. The molecule has 0 unspecified atom stereocenters. The highest BCUT2D eigenvalue weighted by Crippen LogP contribution is 2.40. The van der Waals surface area contributed by atoms with E-state index in [9.17, 15) is 0 Å². The van der Waals surface area contributed by atoms with Crippen molar-refractivity contribution in [1.82, 2.24) is 0 Å². The van der Waals surface area contributed by atoms with Crippen LogP contribution < -0.4 is 10.5 Å². The molecule has 1 saturated carbocycles. The van der Waals surface area contributed by atoms with Crippen LogP contribution in [0.2, 0.25) is 0 Å². The number of rotatable bonds is 4. The molecule has 70 valence electrons. The molecule has 1 aliphatic rings. The van der Waals surface area contributed by atoms with Crippen molar-refractivity contribution in [2.24, 2.45) is 5.73 Å². The number of hydrogen-bond donors (Lipinski definition) is 1. The number of ether oxygens (including phenoxy) is 1. The van der Waals surface area contributed by atoms with E-state index >= 15 is 0 Å². The van der Waals surface area contributed by atoms with Crippen LogP contribution in [0.15, 0.2) is 24.3 Å². The molecule has 0 aliphatic heterocycles. The monoisotopic (exact) mass is 177 g/mol. The summed E-state index contributed by atoms with van der Waals surface area (Å²) in [6.07, 6.45) is 2.67. The van der Waals surface area contributed by atoms with Gasteiger partial charge in [-0.3, -0.25) is 0 Å². The van der Waals surface area contributed by atoms with Crippen LogP contribution in [-0.2, 0) is 0 Å². The molecule has 0 saturated heterocycles. The second kappa shape index (κ2) is 3.79. The third kappa shape index (κ3) is 2.22. The molecule has 0 atom stereocenters. The standard InChI is InChI=1S/C11H15NO/c12-6-7-13-11-3-1-2-10(8-11)9-4-5-9/h1-3,8-9H,4-7,12H2. The van der Waals surface area contributed by atoms with Crippen LogP contribution in [-0.4, -0.2) is 13.2 Å². The van der Waals surface area contributed by atoms with Crippen LogP contribution in [0, 0.1) is 0 Å². The number of benzene rings is 1. The fourth-order valence-corrected chi connectivity index (χ4v) is 1.45. The normalized spacial score (nSPS) is 15.8. The fourth-order valence-electron chi connectivity index (χ4n) is 1.45. The summed E-state index contributed by atoms with van der Waals surface area (Å²) in [6, 6.07) is 8.35. The maximum atomic E-state index is 5.45. The summed E-state index contributed by atoms with van der Waals surface area (Å²) >= 11 is 0. The Morgan fingerprint density at radius 1 is 1.38 bits per heavy atom. The molecule has 1 aliphatic carbocycles. The molecule has 0 bridgehead atoms. The van der Waals surface area contributed by atoms with Gasteiger partial charge in [0, 0.05) is 6.54 Å². The van der Waals surface area contributed by atoms with E-state index in [1.165, 1.54) is 18.4 Å². The Morgan fingerprint density at radius 3 is 2.92 bits per heavy atom. The zero-order chi connectivity index (χ0) is 9.10. The predicted molar refractivity (Wildman–Crippen MR) is 53.0 cm³/mol. The topological polar surface area (TPSA) is 35.2 Å². The highest BCUT2D eigenvalue weighted by atomic mass is 16.5. The third-order valence-electron chi connectivity index (χ3n) is 2.29. The van der Waals surface area contributed by atoms with Gasteiger partial charge in [0.1, 0.15) is 12.4 Å². The first kappa shape index (κ1) is 8.57. The molecule has 0 heterocycles. The largest absolute Gasteiger partial charge is 0.492 e. The lowest BCUT2D eigenvalue weighted by Crippen LogP contribution is -2.10. The summed E-state index contributed by atoms with van der Waals surface area (Å²) in [5.41, 5.74) is 6.77. The van der Waals surface area contributed by atoms with Gasteiger partial charge in [-0.05, 0) is 36.5 Å². The molecule has 2 heteroatoms. The summed E-state index contributed by atoms with van der Waals surface area (Å²) in [5.74, 6) is 1.75. The van der Waals surface area contributed by atoms with Gasteiger partial charge in [0.05, 0.1) is 0 Å². The molecular formula is C11H15NO. The van der Waals surface area contributed by atoms with Crippen LogP contribution >= 0.6 is 0 Å². The summed E-state index contributed by atoms with van der Waals surface area (Å²) in [5, 5.41) is 0. The van der Waals surface area contributed by atoms with Crippen molar-refractivity contribution in [3.05, 3.63) is 29.8 Å². The van der Waals surface area contributed by atoms with E-state index < -0.39 is 0 Å². The van der Waals surface area contributed by atoms with Crippen LogP contribution in [0.25, 0.3) is 0 Å². The van der Waals surface area contributed by atoms with Gasteiger partial charge < -0.3 is 10.5 Å². The maximum absolute atomic E-state index is 5.45. The molecule has 1 fully saturated rings. The summed E-state index contributed by atoms with van der Waals surface area (Å²) < 4.78 is 5.45. The Labute approximate surface area is 78.7 Å². The van der Waals surface area contributed by atoms with Gasteiger partial charge in [-0.25, -0.2) is 0 Å². The van der Waals surface area contributed by atoms with Crippen molar-refractivity contribution in [2.45, 2.75) is 18.8 Å². The summed E-state index contributed by atoms with van der Waals surface area (Å²) in [7, 11) is 0. The maximum Gasteiger partial charge on any atom is 0.119 e. The van der Waals surface area contributed by atoms with Crippen molar-refractivity contribution in [2.75, 3.05) is 13.2 Å². The van der Waals surface area contributed by atoms with Crippen molar-refractivity contribution in [1.29, 1.82) is 0 Å². The van der Waals surface area contributed by atoms with Gasteiger partial charge in [0.15, 0.2) is 0 Å². The highest BCUT2D eigenvalue weighted by molar-refractivity contribution is 5.32. The van der Waals surface area contributed by atoms with Crippen molar-refractivity contribution in [3.63, 3.8) is 0 Å². The smallest absolute Gasteiger partial charge is 0.119 e. The van der Waals surface area contributed by atoms with E-state index in [2.05, 4.69) is 18.2 Å². The minimum atomic E-state index is 0.577. The first-order valence-corrected chi connectivity index (χ1v) is 4.83. The Morgan fingerprint density at radius 2 is 2.23 bits per heavy atom. The first-order chi connectivity index (χ1) is 6.40. The average Bonchev–Trinajstić information content (AvgIpc) is 2.98. The van der Waals surface area contributed by atoms with E-state index in [1.807, 2.05) is 6.07 Å². The lowest BCUT2D eigenvalue weighted by atomic mass is 10.1. The molecule has 2 nitrogen and oxygen atoms in total. The van der Waals surface area contributed by atoms with Crippen LogP contribution in [0.3, 0.4) is 0 Å². The van der Waals surface area contributed by atoms with Crippen LogP contribution in [0.1, 0.15) is 24.3 Å². The Balaban J connectivity index is 2.03. The Bertz CT molecular complexity index is 281. The lowest BCUT2D eigenvalue weighted by Gasteiger charge is -2.05. The van der Waals surface area contributed by atoms with Crippen molar-refractivity contribution >= 4 is 0 Å². The SMILES string of the molecule is NCCOc1cccc(C2CC2)c1. The van der Waals surface area contributed by atoms with Crippen LogP contribution in [0.5, 0.6) is 5.75 Å². The zero-order valence-electron chi connectivity index (χ0n) is 7.70. The average molecular weight is 177 g/mol. The second-order valence-electron chi connectivity index (χ2n) is 3.48. The van der Waals surface area contributed by atoms with Crippen LogP contribution in [0.4, 0.5) is 0 Å². The molecule has 0 aromatic heterocycles. The van der Waals surface area contributed by atoms with E-state index in [4.69, 9.17) is 10.5 Å². The van der Waals surface area contributed by atoms with Crippen molar-refractivity contribution in [3.8, 4) is 5.75 Å². The zero-order valence-corrected chi connectivity index (χ0v) is 7.70. The van der Waals surface area contributed by atoms with Crippen molar-refractivity contribution < 1.29 is 4.74 Å². The minimum Gasteiger partial charge on any atom is -0.492 e. The molecule has 0 radical (unpaired) electrons. The van der Waals surface area contributed by atoms with Gasteiger partial charge in [-0.2, -0.15) is 0 Å². The summed E-state index contributed by atoms with van der Waals surface area (Å²) in [6.45, 7) is 1.18. The summed E-state index contributed by atoms with van der Waals surface area (Å²) in [4.78, 5) is 0. The molecule has 1 aromatic rings. The van der Waals surface area contributed by atoms with Gasteiger partial charge in [-0.1, -0.05) is 12.1 Å². The molecule has 0 amide bonds. The molecule has 0 spiro atoms. The first-order valence-electron chi connectivity index (χ1n) is 4.83. The molecule has 2 N–H and O–H groups in total. The predicted octanol–water partition coefficient (Wildman–Crippen LogP) is 1.90. The number of nitrogens with two attached hydrogens (primary N) is 1. The second-order valence-corrected chi connectivity index (χ2v) is 3.48. The Hall–Kier alpha value is -1.02. The number of hydrogen-bond acceptors (Lipinski definition) is 2. The van der Waals surface area contributed by atoms with Gasteiger partial charge in [0.25, 0.3) is 0 Å². The molecular weight excluding hydrogens is 162 g/mol. The fraction of sp³-hybridized carbons (Fsp3) is 0.455. The van der Waals surface area contributed by atoms with Gasteiger partial charge in [0.2, 0.25) is 0 Å². The Kier molecular flexibility index (Phi) is 2.50. The van der Waals surface area contributed by atoms with E-state index in [1.54, 1.807) is 0 Å². The quantitative estimate of drug-likeness (QED) is 0.762. The highest BCUT2D eigenvalue weighted by Gasteiger charge is 2.23. The van der Waals surface area contributed by atoms with E-state index in [0.717, 1.165) is 11.7 Å². The molecule has 13 heavy (non-hydrogen) atoms. The third-order valence-corrected chi connectivity index (χ3v) is 2.29. The molecule has 2 rings (SSSR count). The van der Waals surface area contributed by atoms with E-state index in [0.29, 0.717) is 13.2 Å². The van der Waals surface area contributed by atoms with E-state index in [-0.39, 0.29) is 0 Å².